The van der Waals surface area contributed by atoms with Crippen molar-refractivity contribution < 1.29 is 28.7 Å². The Morgan fingerprint density at radius 3 is 1.34 bits per heavy atom. The maximum absolute atomic E-state index is 14.0. The normalized spacial score (nSPS) is 17.2. The minimum atomic E-state index is -0.940. The number of likely N-dealkylation sites (N-methyl/N-ethyl adjacent to an activating group) is 2. The minimum absolute atomic E-state index is 0.0581. The number of piperazine rings is 2. The molecule has 384 valence electrons. The quantitative estimate of drug-likeness (QED) is 0.0446. The average molecular weight is 971 g/mol. The van der Waals surface area contributed by atoms with Gasteiger partial charge in [-0.25, -0.2) is 0 Å². The molecule has 0 saturated carbocycles. The molecule has 4 aromatic rings. The van der Waals surface area contributed by atoms with Crippen molar-refractivity contribution in [3.8, 4) is 0 Å². The van der Waals surface area contributed by atoms with Gasteiger partial charge in [-0.15, -0.1) is 0 Å². The predicted octanol–water partition coefficient (Wildman–Crippen LogP) is 8.37. The summed E-state index contributed by atoms with van der Waals surface area (Å²) in [6.07, 6.45) is 3.62. The smallest absolute Gasteiger partial charge is 0.307 e. The average Bonchev–Trinajstić information content (AvgIpc) is 3.38. The van der Waals surface area contributed by atoms with Gasteiger partial charge in [0.05, 0.1) is 24.1 Å². The molecule has 2 heterocycles. The van der Waals surface area contributed by atoms with Crippen LogP contribution < -0.4 is 9.80 Å². The Kier molecular flexibility index (Phi) is 19.7. The van der Waals surface area contributed by atoms with Crippen molar-refractivity contribution >= 4 is 34.7 Å². The van der Waals surface area contributed by atoms with E-state index in [9.17, 15) is 19.2 Å². The number of Topliss-reactive ketones (excluding diaryl/α,β-unsaturated/α-hetero) is 3. The van der Waals surface area contributed by atoms with Gasteiger partial charge < -0.3 is 19.3 Å². The lowest BCUT2D eigenvalue weighted by molar-refractivity contribution is -0.152. The summed E-state index contributed by atoms with van der Waals surface area (Å²) in [6, 6.07) is 36.6. The van der Waals surface area contributed by atoms with Gasteiger partial charge in [-0.2, -0.15) is 0 Å². The topological polar surface area (TPSA) is 106 Å². The van der Waals surface area contributed by atoms with Crippen molar-refractivity contribution in [1.82, 2.24) is 19.6 Å². The summed E-state index contributed by atoms with van der Waals surface area (Å²) < 4.78 is 11.8. The zero-order valence-electron chi connectivity index (χ0n) is 44.3. The molecule has 2 aliphatic rings. The van der Waals surface area contributed by atoms with Crippen molar-refractivity contribution in [2.24, 2.45) is 0 Å². The van der Waals surface area contributed by atoms with E-state index in [0.29, 0.717) is 64.6 Å². The number of hydrogen-bond donors (Lipinski definition) is 0. The highest BCUT2D eigenvalue weighted by molar-refractivity contribution is 6.04. The molecule has 0 radical (unpaired) electrons. The summed E-state index contributed by atoms with van der Waals surface area (Å²) in [4.78, 5) is 67.8. The lowest BCUT2D eigenvalue weighted by atomic mass is 9.80. The second kappa shape index (κ2) is 25.4. The largest absolute Gasteiger partial charge is 0.463 e. The fraction of sp³-hybridized carbons (Fsp3) is 0.525. The molecule has 0 N–H and O–H groups in total. The molecule has 0 aliphatic carbocycles. The van der Waals surface area contributed by atoms with Crippen LogP contribution in [-0.4, -0.2) is 166 Å². The lowest BCUT2D eigenvalue weighted by Gasteiger charge is -2.38. The van der Waals surface area contributed by atoms with E-state index in [1.165, 1.54) is 0 Å². The second-order valence-electron chi connectivity index (χ2n) is 20.7. The van der Waals surface area contributed by atoms with Gasteiger partial charge in [-0.3, -0.25) is 38.8 Å². The molecule has 0 bridgehead atoms. The number of rotatable bonds is 26. The maximum Gasteiger partial charge on any atom is 0.307 e. The summed E-state index contributed by atoms with van der Waals surface area (Å²) in [5.41, 5.74) is 3.76. The summed E-state index contributed by atoms with van der Waals surface area (Å²) in [5, 5.41) is 0. The number of carbonyl (C=O) groups excluding carboxylic acids is 4. The molecule has 0 aromatic heterocycles. The highest BCUT2D eigenvalue weighted by Gasteiger charge is 2.41. The van der Waals surface area contributed by atoms with E-state index in [4.69, 9.17) is 9.47 Å². The molecule has 12 heteroatoms. The number of carbonyl (C=O) groups is 4. The standard InChI is InChI=1S/C59H82N6O6/c1-10-58(60(6)7,44-47-18-14-12-15-19-47)55(68)49-22-26-51(27-23-49)64-39-35-62(36-40-64)33-30-53(66)57(4,5)70-43-32-46(3)71-54(67)31-34-63-37-41-65(42-38-63)52-28-24-50(25-29-52)56(69)59(11-2,61(8)9)45-48-20-16-13-17-21-48/h12-29,46H,10-11,30-45H2,1-9H3. The van der Waals surface area contributed by atoms with Crippen molar-refractivity contribution in [2.75, 3.05) is 110 Å². The van der Waals surface area contributed by atoms with Gasteiger partial charge in [0.15, 0.2) is 17.3 Å². The Bertz CT molecular complexity index is 2310. The van der Waals surface area contributed by atoms with E-state index in [0.717, 1.165) is 86.0 Å². The number of ketones is 3. The second-order valence-corrected chi connectivity index (χ2v) is 20.7. The summed E-state index contributed by atoms with van der Waals surface area (Å²) in [5.74, 6) is 0.111. The fourth-order valence-corrected chi connectivity index (χ4v) is 10.3. The first-order valence-corrected chi connectivity index (χ1v) is 26.0. The predicted molar refractivity (Wildman–Crippen MR) is 287 cm³/mol. The lowest BCUT2D eigenvalue weighted by Crippen LogP contribution is -2.52. The first-order chi connectivity index (χ1) is 34.0. The van der Waals surface area contributed by atoms with Gasteiger partial charge in [0.25, 0.3) is 0 Å². The summed E-state index contributed by atoms with van der Waals surface area (Å²) in [7, 11) is 7.99. The van der Waals surface area contributed by atoms with Crippen LogP contribution in [0.1, 0.15) is 98.6 Å². The van der Waals surface area contributed by atoms with E-state index >= 15 is 0 Å². The van der Waals surface area contributed by atoms with Crippen LogP contribution >= 0.6 is 0 Å². The van der Waals surface area contributed by atoms with Gasteiger partial charge in [0.1, 0.15) is 11.7 Å². The highest BCUT2D eigenvalue weighted by Crippen LogP contribution is 2.31. The Morgan fingerprint density at radius 1 is 0.563 bits per heavy atom. The molecule has 3 unspecified atom stereocenters. The number of hydrogen-bond acceptors (Lipinski definition) is 12. The van der Waals surface area contributed by atoms with Gasteiger partial charge in [0, 0.05) is 101 Å². The van der Waals surface area contributed by atoms with E-state index in [1.807, 2.05) is 110 Å². The van der Waals surface area contributed by atoms with Crippen LogP contribution in [0.5, 0.6) is 0 Å². The molecule has 2 aliphatic heterocycles. The number of esters is 1. The third kappa shape index (κ3) is 14.3. The van der Waals surface area contributed by atoms with Crippen LogP contribution in [0.15, 0.2) is 109 Å². The molecule has 2 saturated heterocycles. The third-order valence-corrected chi connectivity index (χ3v) is 15.4. The number of benzene rings is 4. The summed E-state index contributed by atoms with van der Waals surface area (Å²) in [6.45, 7) is 18.0. The van der Waals surface area contributed by atoms with Crippen molar-refractivity contribution in [1.29, 1.82) is 0 Å². The number of nitrogens with zero attached hydrogens (tertiary/aromatic N) is 6. The van der Waals surface area contributed by atoms with Crippen molar-refractivity contribution in [3.05, 3.63) is 131 Å². The Balaban J connectivity index is 0.850. The molecule has 2 fully saturated rings. The highest BCUT2D eigenvalue weighted by atomic mass is 16.5. The van der Waals surface area contributed by atoms with E-state index < -0.39 is 16.7 Å². The molecular weight excluding hydrogens is 889 g/mol. The van der Waals surface area contributed by atoms with Gasteiger partial charge in [-0.05, 0) is 134 Å². The van der Waals surface area contributed by atoms with Gasteiger partial charge in [0.2, 0.25) is 0 Å². The molecule has 71 heavy (non-hydrogen) atoms. The molecule has 0 spiro atoms. The van der Waals surface area contributed by atoms with Crippen LogP contribution in [0.3, 0.4) is 0 Å². The van der Waals surface area contributed by atoms with E-state index in [-0.39, 0.29) is 29.4 Å². The van der Waals surface area contributed by atoms with Crippen LogP contribution in [0, 0.1) is 0 Å². The Morgan fingerprint density at radius 2 is 0.958 bits per heavy atom. The maximum atomic E-state index is 14.0. The van der Waals surface area contributed by atoms with Gasteiger partial charge in [-0.1, -0.05) is 74.5 Å². The van der Waals surface area contributed by atoms with Crippen molar-refractivity contribution in [2.45, 2.75) is 102 Å². The first-order valence-electron chi connectivity index (χ1n) is 26.0. The first kappa shape index (κ1) is 55.1. The van der Waals surface area contributed by atoms with Crippen molar-refractivity contribution in [3.63, 3.8) is 0 Å². The fourth-order valence-electron chi connectivity index (χ4n) is 10.3. The Hall–Kier alpha value is -5.24. The molecule has 4 aromatic carbocycles. The molecule has 6 rings (SSSR count). The zero-order valence-corrected chi connectivity index (χ0v) is 44.3. The molecular formula is C59H82N6O6. The van der Waals surface area contributed by atoms with Crippen LogP contribution in [0.25, 0.3) is 0 Å². The van der Waals surface area contributed by atoms with Crippen LogP contribution in [-0.2, 0) is 31.9 Å². The van der Waals surface area contributed by atoms with E-state index in [1.54, 1.807) is 0 Å². The third-order valence-electron chi connectivity index (χ3n) is 15.4. The monoisotopic (exact) mass is 971 g/mol. The SMILES string of the molecule is CCC(Cc1ccccc1)(C(=O)c1ccc(N2CCN(CCC(=O)OC(C)CCOC(C)(C)C(=O)CCN3CCN(c4ccc(C(=O)C(CC)(Cc5ccccc5)N(C)C)cc4)CC3)CC2)cc1)N(C)C. The molecule has 12 nitrogen and oxygen atoms in total. The number of anilines is 2. The minimum Gasteiger partial charge on any atom is -0.463 e. The van der Waals surface area contributed by atoms with E-state index in [2.05, 4.69) is 91.8 Å². The molecule has 3 atom stereocenters. The zero-order chi connectivity index (χ0) is 51.2. The van der Waals surface area contributed by atoms with Crippen LogP contribution in [0.4, 0.5) is 11.4 Å². The van der Waals surface area contributed by atoms with Gasteiger partial charge >= 0.3 is 5.97 Å². The summed E-state index contributed by atoms with van der Waals surface area (Å²) >= 11 is 0. The van der Waals surface area contributed by atoms with Crippen LogP contribution in [0.2, 0.25) is 0 Å². The number of ether oxygens (including phenoxy) is 2. The Labute approximate surface area is 425 Å². The molecule has 0 amide bonds.